The van der Waals surface area contributed by atoms with Gasteiger partial charge in [0, 0.05) is 15.8 Å². The van der Waals surface area contributed by atoms with Crippen LogP contribution in [0.25, 0.3) is 10.2 Å². The number of thiazole rings is 1. The Hall–Kier alpha value is -0.310. The SMILES string of the molecule is NNC(Cc1nc2ccccc2s1)c1cc(Br)c(Br)s1. The van der Waals surface area contributed by atoms with E-state index < -0.39 is 0 Å². The molecule has 0 aliphatic heterocycles. The van der Waals surface area contributed by atoms with Gasteiger partial charge in [0.05, 0.1) is 25.1 Å². The van der Waals surface area contributed by atoms with E-state index in [4.69, 9.17) is 5.84 Å². The number of nitrogens with zero attached hydrogens (tertiary/aromatic N) is 1. The number of rotatable bonds is 4. The summed E-state index contributed by atoms with van der Waals surface area (Å²) in [7, 11) is 0. The van der Waals surface area contributed by atoms with Gasteiger partial charge in [-0.2, -0.15) is 0 Å². The van der Waals surface area contributed by atoms with Crippen LogP contribution in [-0.4, -0.2) is 4.98 Å². The maximum absolute atomic E-state index is 5.71. The molecule has 0 spiro atoms. The molecule has 0 fully saturated rings. The first-order valence-corrected chi connectivity index (χ1v) is 9.14. The van der Waals surface area contributed by atoms with Crippen LogP contribution in [0.1, 0.15) is 15.9 Å². The third-order valence-electron chi connectivity index (χ3n) is 2.93. The summed E-state index contributed by atoms with van der Waals surface area (Å²) < 4.78 is 3.35. The highest BCUT2D eigenvalue weighted by molar-refractivity contribution is 9.13. The molecule has 104 valence electrons. The lowest BCUT2D eigenvalue weighted by Crippen LogP contribution is -2.28. The van der Waals surface area contributed by atoms with E-state index in [2.05, 4.69) is 54.4 Å². The Bertz CT molecular complexity index is 686. The lowest BCUT2D eigenvalue weighted by atomic mass is 10.2. The van der Waals surface area contributed by atoms with Crippen LogP contribution in [0.5, 0.6) is 0 Å². The minimum atomic E-state index is 0.0724. The van der Waals surface area contributed by atoms with Crippen molar-refractivity contribution in [2.75, 3.05) is 0 Å². The number of aromatic nitrogens is 1. The van der Waals surface area contributed by atoms with E-state index in [0.29, 0.717) is 0 Å². The summed E-state index contributed by atoms with van der Waals surface area (Å²) in [4.78, 5) is 5.85. The highest BCUT2D eigenvalue weighted by Gasteiger charge is 2.17. The summed E-state index contributed by atoms with van der Waals surface area (Å²) in [5.74, 6) is 5.71. The van der Waals surface area contributed by atoms with E-state index in [1.807, 2.05) is 18.2 Å². The van der Waals surface area contributed by atoms with Crippen LogP contribution in [0, 0.1) is 0 Å². The van der Waals surface area contributed by atoms with Crippen LogP contribution in [0.3, 0.4) is 0 Å². The predicted octanol–water partition coefficient (Wildman–Crippen LogP) is 4.63. The van der Waals surface area contributed by atoms with Gasteiger partial charge >= 0.3 is 0 Å². The molecular weight excluding hydrogens is 422 g/mol. The number of benzene rings is 1. The van der Waals surface area contributed by atoms with E-state index in [1.54, 1.807) is 22.7 Å². The largest absolute Gasteiger partial charge is 0.271 e. The van der Waals surface area contributed by atoms with Crippen molar-refractivity contribution in [2.24, 2.45) is 5.84 Å². The van der Waals surface area contributed by atoms with Crippen LogP contribution in [0.15, 0.2) is 38.6 Å². The van der Waals surface area contributed by atoms with E-state index in [0.717, 1.165) is 25.2 Å². The number of halogens is 2. The zero-order valence-corrected chi connectivity index (χ0v) is 15.1. The van der Waals surface area contributed by atoms with Crippen LogP contribution >= 0.6 is 54.5 Å². The molecule has 0 bridgehead atoms. The second kappa shape index (κ2) is 6.21. The van der Waals surface area contributed by atoms with E-state index in [1.165, 1.54) is 9.58 Å². The molecule has 20 heavy (non-hydrogen) atoms. The van der Waals surface area contributed by atoms with Gasteiger partial charge in [0.25, 0.3) is 0 Å². The summed E-state index contributed by atoms with van der Waals surface area (Å²) in [5.41, 5.74) is 3.94. The van der Waals surface area contributed by atoms with Crippen molar-refractivity contribution >= 4 is 64.8 Å². The highest BCUT2D eigenvalue weighted by atomic mass is 79.9. The van der Waals surface area contributed by atoms with Crippen molar-refractivity contribution < 1.29 is 0 Å². The smallest absolute Gasteiger partial charge is 0.0958 e. The van der Waals surface area contributed by atoms with Gasteiger partial charge in [-0.15, -0.1) is 22.7 Å². The number of fused-ring (bicyclic) bond motifs is 1. The first-order chi connectivity index (χ1) is 9.67. The molecule has 3 nitrogen and oxygen atoms in total. The fourth-order valence-electron chi connectivity index (χ4n) is 1.96. The number of hydrogen-bond donors (Lipinski definition) is 2. The minimum Gasteiger partial charge on any atom is -0.271 e. The molecule has 1 atom stereocenters. The molecule has 0 saturated heterocycles. The number of nitrogens with two attached hydrogens (primary N) is 1. The topological polar surface area (TPSA) is 50.9 Å². The Balaban J connectivity index is 1.87. The summed E-state index contributed by atoms with van der Waals surface area (Å²) >= 11 is 10.4. The summed E-state index contributed by atoms with van der Waals surface area (Å²) in [6.45, 7) is 0. The molecule has 7 heteroatoms. The molecule has 0 radical (unpaired) electrons. The average Bonchev–Trinajstić information content (AvgIpc) is 2.99. The van der Waals surface area contributed by atoms with E-state index in [9.17, 15) is 0 Å². The first kappa shape index (κ1) is 14.6. The van der Waals surface area contributed by atoms with E-state index in [-0.39, 0.29) is 6.04 Å². The highest BCUT2D eigenvalue weighted by Crippen LogP contribution is 2.36. The zero-order valence-electron chi connectivity index (χ0n) is 10.3. The molecule has 0 aliphatic carbocycles. The number of nitrogens with one attached hydrogen (secondary N) is 1. The van der Waals surface area contributed by atoms with Crippen LogP contribution < -0.4 is 11.3 Å². The molecule has 0 aliphatic rings. The molecule has 0 saturated carbocycles. The van der Waals surface area contributed by atoms with Gasteiger partial charge in [-0.1, -0.05) is 12.1 Å². The van der Waals surface area contributed by atoms with Crippen LogP contribution in [-0.2, 0) is 6.42 Å². The summed E-state index contributed by atoms with van der Waals surface area (Å²) in [5, 5.41) is 1.09. The summed E-state index contributed by atoms with van der Waals surface area (Å²) in [6, 6.07) is 10.3. The minimum absolute atomic E-state index is 0.0724. The molecule has 3 rings (SSSR count). The van der Waals surface area contributed by atoms with Crippen molar-refractivity contribution in [3.05, 3.63) is 48.5 Å². The molecule has 2 aromatic heterocycles. The van der Waals surface area contributed by atoms with Gasteiger partial charge in [0.2, 0.25) is 0 Å². The molecule has 1 unspecified atom stereocenters. The van der Waals surface area contributed by atoms with Gasteiger partial charge in [0.1, 0.15) is 0 Å². The van der Waals surface area contributed by atoms with Crippen LogP contribution in [0.4, 0.5) is 0 Å². The average molecular weight is 433 g/mol. The van der Waals surface area contributed by atoms with Crippen LogP contribution in [0.2, 0.25) is 0 Å². The fraction of sp³-hybridized carbons (Fsp3) is 0.154. The van der Waals surface area contributed by atoms with Crippen molar-refractivity contribution in [2.45, 2.75) is 12.5 Å². The summed E-state index contributed by atoms with van der Waals surface area (Å²) in [6.07, 6.45) is 0.787. The van der Waals surface area contributed by atoms with Crippen molar-refractivity contribution in [1.29, 1.82) is 0 Å². The molecular formula is C13H11Br2N3S2. The predicted molar refractivity (Wildman–Crippen MR) is 93.1 cm³/mol. The van der Waals surface area contributed by atoms with Gasteiger partial charge in [-0.05, 0) is 50.1 Å². The molecule has 3 aromatic rings. The lowest BCUT2D eigenvalue weighted by Gasteiger charge is -2.11. The van der Waals surface area contributed by atoms with Crippen molar-refractivity contribution in [3.8, 4) is 0 Å². The Labute approximate surface area is 141 Å². The maximum atomic E-state index is 5.71. The molecule has 2 heterocycles. The third kappa shape index (κ3) is 2.98. The molecule has 0 amide bonds. The molecule has 1 aromatic carbocycles. The van der Waals surface area contributed by atoms with Gasteiger partial charge < -0.3 is 0 Å². The Kier molecular flexibility index (Phi) is 4.54. The van der Waals surface area contributed by atoms with Gasteiger partial charge in [0.15, 0.2) is 0 Å². The van der Waals surface area contributed by atoms with Gasteiger partial charge in [-0.25, -0.2) is 4.98 Å². The fourth-order valence-corrected chi connectivity index (χ4v) is 5.12. The normalized spacial score (nSPS) is 12.9. The van der Waals surface area contributed by atoms with E-state index >= 15 is 0 Å². The standard InChI is InChI=1S/C13H11Br2N3S2/c14-7-5-11(20-13(7)15)9(18-16)6-12-17-8-3-1-2-4-10(8)19-12/h1-5,9,18H,6,16H2. The first-order valence-electron chi connectivity index (χ1n) is 5.92. The Morgan fingerprint density at radius 3 is 2.70 bits per heavy atom. The monoisotopic (exact) mass is 431 g/mol. The number of thiophene rings is 1. The third-order valence-corrected chi connectivity index (χ3v) is 7.35. The van der Waals surface area contributed by atoms with Gasteiger partial charge in [-0.3, -0.25) is 11.3 Å². The Morgan fingerprint density at radius 1 is 1.25 bits per heavy atom. The second-order valence-corrected chi connectivity index (χ2v) is 8.64. The van der Waals surface area contributed by atoms with Crippen molar-refractivity contribution in [3.63, 3.8) is 0 Å². The molecule has 3 N–H and O–H groups in total. The number of hydrazine groups is 1. The number of hydrogen-bond acceptors (Lipinski definition) is 5. The van der Waals surface area contributed by atoms with Crippen molar-refractivity contribution in [1.82, 2.24) is 10.4 Å². The second-order valence-electron chi connectivity index (χ2n) is 4.27. The quantitative estimate of drug-likeness (QED) is 0.466. The zero-order chi connectivity index (χ0) is 14.1. The maximum Gasteiger partial charge on any atom is 0.0958 e. The Morgan fingerprint density at radius 2 is 2.05 bits per heavy atom. The lowest BCUT2D eigenvalue weighted by molar-refractivity contribution is 0.559. The number of para-hydroxylation sites is 1.